The van der Waals surface area contributed by atoms with Crippen molar-refractivity contribution in [1.82, 2.24) is 0 Å². The van der Waals surface area contributed by atoms with Gasteiger partial charge in [0, 0.05) is 11.1 Å². The second-order valence-corrected chi connectivity index (χ2v) is 6.17. The number of aryl methyl sites for hydroxylation is 1. The number of carbonyl (C=O) groups excluding carboxylic acids is 2. The van der Waals surface area contributed by atoms with Gasteiger partial charge in [-0.15, -0.1) is 11.3 Å². The van der Waals surface area contributed by atoms with Gasteiger partial charge in [0.2, 0.25) is 0 Å². The standard InChI is InChI=1S/C16H16ClNO4S/c1-9-7-12(13(21-3)8-11(9)17)18-15(19)10(2)22-16(20)14-5-4-6-23-14/h4-8,10H,1-3H3,(H,18,19)/t10-/m1/s1. The average Bonchev–Trinajstić information content (AvgIpc) is 3.04. The quantitative estimate of drug-likeness (QED) is 0.828. The second-order valence-electron chi connectivity index (χ2n) is 4.82. The summed E-state index contributed by atoms with van der Waals surface area (Å²) < 4.78 is 10.3. The van der Waals surface area contributed by atoms with Crippen LogP contribution < -0.4 is 10.1 Å². The molecule has 1 aromatic carbocycles. The van der Waals surface area contributed by atoms with Crippen LogP contribution in [0.3, 0.4) is 0 Å². The normalized spacial score (nSPS) is 11.7. The van der Waals surface area contributed by atoms with Gasteiger partial charge in [-0.1, -0.05) is 17.7 Å². The van der Waals surface area contributed by atoms with Crippen LogP contribution in [0.1, 0.15) is 22.2 Å². The summed E-state index contributed by atoms with van der Waals surface area (Å²) in [4.78, 5) is 24.5. The molecule has 0 saturated heterocycles. The molecule has 1 aromatic heterocycles. The van der Waals surface area contributed by atoms with Crippen LogP contribution in [-0.4, -0.2) is 25.1 Å². The topological polar surface area (TPSA) is 64.6 Å². The van der Waals surface area contributed by atoms with E-state index in [4.69, 9.17) is 21.1 Å². The maximum absolute atomic E-state index is 12.2. The fourth-order valence-corrected chi connectivity index (χ4v) is 2.59. The number of nitrogens with one attached hydrogen (secondary N) is 1. The van der Waals surface area contributed by atoms with Crippen molar-refractivity contribution in [3.8, 4) is 5.75 Å². The third kappa shape index (κ3) is 4.24. The number of rotatable bonds is 5. The van der Waals surface area contributed by atoms with Crippen LogP contribution in [0.5, 0.6) is 5.75 Å². The molecule has 0 unspecified atom stereocenters. The van der Waals surface area contributed by atoms with Gasteiger partial charge < -0.3 is 14.8 Å². The summed E-state index contributed by atoms with van der Waals surface area (Å²) in [6.07, 6.45) is -0.940. The highest BCUT2D eigenvalue weighted by atomic mass is 35.5. The molecule has 0 fully saturated rings. The third-order valence-corrected chi connectivity index (χ3v) is 4.37. The van der Waals surface area contributed by atoms with E-state index < -0.39 is 18.0 Å². The Balaban J connectivity index is 2.06. The number of ether oxygens (including phenoxy) is 2. The van der Waals surface area contributed by atoms with Crippen LogP contribution in [0.15, 0.2) is 29.6 Å². The predicted octanol–water partition coefficient (Wildman–Crippen LogP) is 3.90. The molecule has 5 nitrogen and oxygen atoms in total. The Morgan fingerprint density at radius 1 is 1.35 bits per heavy atom. The summed E-state index contributed by atoms with van der Waals surface area (Å²) in [6.45, 7) is 3.33. The average molecular weight is 354 g/mol. The summed E-state index contributed by atoms with van der Waals surface area (Å²) in [7, 11) is 1.48. The van der Waals surface area contributed by atoms with E-state index in [-0.39, 0.29) is 0 Å². The van der Waals surface area contributed by atoms with E-state index in [2.05, 4.69) is 5.32 Å². The predicted molar refractivity (Wildman–Crippen MR) is 90.6 cm³/mol. The molecule has 7 heteroatoms. The molecule has 1 N–H and O–H groups in total. The van der Waals surface area contributed by atoms with Gasteiger partial charge in [0.15, 0.2) is 6.10 Å². The highest BCUT2D eigenvalue weighted by Crippen LogP contribution is 2.31. The number of anilines is 1. The largest absolute Gasteiger partial charge is 0.495 e. The Hall–Kier alpha value is -2.05. The number of hydrogen-bond donors (Lipinski definition) is 1. The molecule has 2 aromatic rings. The lowest BCUT2D eigenvalue weighted by Gasteiger charge is -2.16. The first-order valence-corrected chi connectivity index (χ1v) is 8.07. The van der Waals surface area contributed by atoms with Gasteiger partial charge >= 0.3 is 5.97 Å². The van der Waals surface area contributed by atoms with Crippen molar-refractivity contribution in [2.45, 2.75) is 20.0 Å². The van der Waals surface area contributed by atoms with E-state index in [0.29, 0.717) is 21.3 Å². The van der Waals surface area contributed by atoms with Crippen molar-refractivity contribution >= 4 is 40.5 Å². The summed E-state index contributed by atoms with van der Waals surface area (Å²) >= 11 is 7.29. The van der Waals surface area contributed by atoms with E-state index in [9.17, 15) is 9.59 Å². The summed E-state index contributed by atoms with van der Waals surface area (Å²) in [5.74, 6) is -0.539. The summed E-state index contributed by atoms with van der Waals surface area (Å²) in [5, 5.41) is 4.99. The van der Waals surface area contributed by atoms with Gasteiger partial charge in [-0.25, -0.2) is 4.79 Å². The van der Waals surface area contributed by atoms with Crippen LogP contribution in [0.4, 0.5) is 5.69 Å². The first-order valence-electron chi connectivity index (χ1n) is 6.82. The SMILES string of the molecule is COc1cc(Cl)c(C)cc1NC(=O)[C@@H](C)OC(=O)c1cccs1. The first-order chi connectivity index (χ1) is 10.9. The van der Waals surface area contributed by atoms with Crippen LogP contribution in [0.25, 0.3) is 0 Å². The molecule has 2 rings (SSSR count). The summed E-state index contributed by atoms with van der Waals surface area (Å²) in [5.41, 5.74) is 1.27. The van der Waals surface area contributed by atoms with Crippen LogP contribution in [-0.2, 0) is 9.53 Å². The molecular weight excluding hydrogens is 338 g/mol. The zero-order valence-electron chi connectivity index (χ0n) is 12.9. The minimum absolute atomic E-state index is 0.436. The van der Waals surface area contributed by atoms with E-state index in [1.807, 2.05) is 6.92 Å². The minimum Gasteiger partial charge on any atom is -0.495 e. The van der Waals surface area contributed by atoms with Gasteiger partial charge in [0.25, 0.3) is 5.91 Å². The van der Waals surface area contributed by atoms with Crippen LogP contribution >= 0.6 is 22.9 Å². The fraction of sp³-hybridized carbons (Fsp3) is 0.250. The molecule has 0 aliphatic rings. The van der Waals surface area contributed by atoms with Gasteiger partial charge in [-0.05, 0) is 36.9 Å². The Kier molecular flexibility index (Phi) is 5.63. The van der Waals surface area contributed by atoms with Crippen LogP contribution in [0.2, 0.25) is 5.02 Å². The Morgan fingerprint density at radius 2 is 2.09 bits per heavy atom. The molecule has 1 atom stereocenters. The molecule has 0 radical (unpaired) electrons. The smallest absolute Gasteiger partial charge is 0.349 e. The number of hydrogen-bond acceptors (Lipinski definition) is 5. The van der Waals surface area contributed by atoms with Crippen molar-refractivity contribution in [1.29, 1.82) is 0 Å². The lowest BCUT2D eigenvalue weighted by molar-refractivity contribution is -0.123. The second kappa shape index (κ2) is 7.48. The number of halogens is 1. The van der Waals surface area contributed by atoms with Crippen molar-refractivity contribution in [2.75, 3.05) is 12.4 Å². The van der Waals surface area contributed by atoms with E-state index in [1.54, 1.807) is 29.6 Å². The lowest BCUT2D eigenvalue weighted by Crippen LogP contribution is -2.30. The first kappa shape index (κ1) is 17.3. The Bertz CT molecular complexity index is 715. The van der Waals surface area contributed by atoms with E-state index in [1.165, 1.54) is 25.4 Å². The van der Waals surface area contributed by atoms with E-state index >= 15 is 0 Å². The van der Waals surface area contributed by atoms with Crippen molar-refractivity contribution in [3.05, 3.63) is 45.1 Å². The molecule has 122 valence electrons. The molecule has 1 amide bonds. The maximum atomic E-state index is 12.2. The van der Waals surface area contributed by atoms with Crippen molar-refractivity contribution < 1.29 is 19.1 Å². The molecule has 0 spiro atoms. The number of carbonyl (C=O) groups is 2. The van der Waals surface area contributed by atoms with Gasteiger partial charge in [0.05, 0.1) is 12.8 Å². The third-order valence-electron chi connectivity index (χ3n) is 3.11. The molecule has 0 saturated carbocycles. The molecular formula is C16H16ClNO4S. The van der Waals surface area contributed by atoms with Gasteiger partial charge in [0.1, 0.15) is 10.6 Å². The Labute approximate surface area is 143 Å². The van der Waals surface area contributed by atoms with Gasteiger partial charge in [-0.3, -0.25) is 4.79 Å². The van der Waals surface area contributed by atoms with Gasteiger partial charge in [-0.2, -0.15) is 0 Å². The fourth-order valence-electron chi connectivity index (χ4n) is 1.83. The molecule has 0 aliphatic heterocycles. The summed E-state index contributed by atoms with van der Waals surface area (Å²) in [6, 6.07) is 6.71. The lowest BCUT2D eigenvalue weighted by atomic mass is 10.2. The Morgan fingerprint density at radius 3 is 2.70 bits per heavy atom. The number of thiophene rings is 1. The minimum atomic E-state index is -0.940. The number of benzene rings is 1. The maximum Gasteiger partial charge on any atom is 0.349 e. The highest BCUT2D eigenvalue weighted by Gasteiger charge is 2.21. The molecule has 1 heterocycles. The molecule has 23 heavy (non-hydrogen) atoms. The molecule has 0 bridgehead atoms. The zero-order chi connectivity index (χ0) is 17.0. The van der Waals surface area contributed by atoms with Crippen molar-refractivity contribution in [3.63, 3.8) is 0 Å². The monoisotopic (exact) mass is 353 g/mol. The number of amides is 1. The van der Waals surface area contributed by atoms with E-state index in [0.717, 1.165) is 5.56 Å². The van der Waals surface area contributed by atoms with Crippen molar-refractivity contribution in [2.24, 2.45) is 0 Å². The number of methoxy groups -OCH3 is 1. The van der Waals surface area contributed by atoms with Crippen LogP contribution in [0, 0.1) is 6.92 Å². The zero-order valence-corrected chi connectivity index (χ0v) is 14.5. The molecule has 0 aliphatic carbocycles. The number of esters is 1. The highest BCUT2D eigenvalue weighted by molar-refractivity contribution is 7.11.